The number of hydrogen-bond donors (Lipinski definition) is 0. The Morgan fingerprint density at radius 3 is 2.55 bits per heavy atom. The SMILES string of the molecule is Cc1nn(Cc2csc(C(=O)N3CCN(Cc4c(F)cccc4Cl)CC3)c2)c(C)c1Cl. The first kappa shape index (κ1) is 22.3. The van der Waals surface area contributed by atoms with Crippen LogP contribution in [0.15, 0.2) is 29.6 Å². The molecule has 0 N–H and O–H groups in total. The molecule has 4 rings (SSSR count). The van der Waals surface area contributed by atoms with Gasteiger partial charge in [0.1, 0.15) is 5.82 Å². The maximum Gasteiger partial charge on any atom is 0.264 e. The first-order valence-electron chi connectivity index (χ1n) is 10.0. The third-order valence-electron chi connectivity index (χ3n) is 5.59. The molecule has 31 heavy (non-hydrogen) atoms. The van der Waals surface area contributed by atoms with Gasteiger partial charge in [0.15, 0.2) is 0 Å². The quantitative estimate of drug-likeness (QED) is 0.515. The summed E-state index contributed by atoms with van der Waals surface area (Å²) in [7, 11) is 0. The van der Waals surface area contributed by atoms with Gasteiger partial charge in [0.2, 0.25) is 0 Å². The van der Waals surface area contributed by atoms with E-state index < -0.39 is 0 Å². The van der Waals surface area contributed by atoms with Crippen molar-refractivity contribution in [2.75, 3.05) is 26.2 Å². The van der Waals surface area contributed by atoms with Crippen LogP contribution in [0.5, 0.6) is 0 Å². The lowest BCUT2D eigenvalue weighted by atomic mass is 10.1. The Balaban J connectivity index is 1.35. The molecular formula is C22H23Cl2FN4OS. The Hall–Kier alpha value is -1.93. The molecule has 1 fully saturated rings. The smallest absolute Gasteiger partial charge is 0.264 e. The number of aromatic nitrogens is 2. The molecule has 2 aromatic heterocycles. The van der Waals surface area contributed by atoms with Gasteiger partial charge in [-0.1, -0.05) is 29.3 Å². The number of amides is 1. The summed E-state index contributed by atoms with van der Waals surface area (Å²) in [5.74, 6) is -0.257. The summed E-state index contributed by atoms with van der Waals surface area (Å²) in [5, 5.41) is 7.57. The molecule has 0 spiro atoms. The van der Waals surface area contributed by atoms with E-state index in [-0.39, 0.29) is 11.7 Å². The fraction of sp³-hybridized carbons (Fsp3) is 0.364. The average Bonchev–Trinajstić information content (AvgIpc) is 3.32. The molecule has 3 aromatic rings. The van der Waals surface area contributed by atoms with Crippen molar-refractivity contribution >= 4 is 40.4 Å². The van der Waals surface area contributed by atoms with E-state index in [0.29, 0.717) is 59.8 Å². The Kier molecular flexibility index (Phi) is 6.67. The second-order valence-corrected chi connectivity index (χ2v) is 9.43. The summed E-state index contributed by atoms with van der Waals surface area (Å²) in [5.41, 5.74) is 3.27. The third-order valence-corrected chi connectivity index (χ3v) is 7.46. The number of hydrogen-bond acceptors (Lipinski definition) is 4. The summed E-state index contributed by atoms with van der Waals surface area (Å²) in [6.45, 7) is 7.42. The molecule has 164 valence electrons. The fourth-order valence-corrected chi connectivity index (χ4v) is 4.97. The van der Waals surface area contributed by atoms with Crippen LogP contribution in [0.1, 0.15) is 32.2 Å². The molecule has 1 aliphatic heterocycles. The summed E-state index contributed by atoms with van der Waals surface area (Å²) >= 11 is 13.8. The molecule has 1 amide bonds. The van der Waals surface area contributed by atoms with Crippen LogP contribution in [0.3, 0.4) is 0 Å². The second kappa shape index (κ2) is 9.28. The molecular weight excluding hydrogens is 458 g/mol. The van der Waals surface area contributed by atoms with Crippen molar-refractivity contribution in [3.05, 3.63) is 72.9 Å². The Labute approximate surface area is 195 Å². The molecule has 1 aliphatic rings. The third kappa shape index (κ3) is 4.80. The molecule has 0 radical (unpaired) electrons. The van der Waals surface area contributed by atoms with Gasteiger partial charge >= 0.3 is 0 Å². The Morgan fingerprint density at radius 2 is 1.90 bits per heavy atom. The first-order valence-corrected chi connectivity index (χ1v) is 11.7. The van der Waals surface area contributed by atoms with Crippen molar-refractivity contribution in [3.63, 3.8) is 0 Å². The number of aryl methyl sites for hydroxylation is 1. The van der Waals surface area contributed by atoms with Crippen molar-refractivity contribution in [1.82, 2.24) is 19.6 Å². The zero-order valence-corrected chi connectivity index (χ0v) is 19.7. The van der Waals surface area contributed by atoms with Crippen molar-refractivity contribution in [1.29, 1.82) is 0 Å². The van der Waals surface area contributed by atoms with Gasteiger partial charge < -0.3 is 4.90 Å². The van der Waals surface area contributed by atoms with E-state index >= 15 is 0 Å². The van der Waals surface area contributed by atoms with E-state index in [0.717, 1.165) is 17.0 Å². The van der Waals surface area contributed by atoms with Crippen LogP contribution in [0.2, 0.25) is 10.0 Å². The maximum atomic E-state index is 14.1. The van der Waals surface area contributed by atoms with Crippen LogP contribution in [0, 0.1) is 19.7 Å². The van der Waals surface area contributed by atoms with Crippen LogP contribution < -0.4 is 0 Å². The minimum atomic E-state index is -0.291. The lowest BCUT2D eigenvalue weighted by molar-refractivity contribution is 0.0631. The van der Waals surface area contributed by atoms with Crippen LogP contribution in [0.25, 0.3) is 0 Å². The monoisotopic (exact) mass is 480 g/mol. The number of carbonyl (C=O) groups is 1. The van der Waals surface area contributed by atoms with Crippen molar-refractivity contribution < 1.29 is 9.18 Å². The van der Waals surface area contributed by atoms with Crippen LogP contribution >= 0.6 is 34.5 Å². The molecule has 9 heteroatoms. The van der Waals surface area contributed by atoms with Gasteiger partial charge in [-0.25, -0.2) is 4.39 Å². The summed E-state index contributed by atoms with van der Waals surface area (Å²) in [6.07, 6.45) is 0. The van der Waals surface area contributed by atoms with Gasteiger partial charge in [0, 0.05) is 43.3 Å². The number of carbonyl (C=O) groups excluding carboxylic acids is 1. The van der Waals surface area contributed by atoms with Crippen molar-refractivity contribution in [2.24, 2.45) is 0 Å². The van der Waals surface area contributed by atoms with Gasteiger partial charge in [0.25, 0.3) is 5.91 Å². The van der Waals surface area contributed by atoms with Gasteiger partial charge in [-0.3, -0.25) is 14.4 Å². The molecule has 0 atom stereocenters. The van der Waals surface area contributed by atoms with E-state index in [4.69, 9.17) is 23.2 Å². The first-order chi connectivity index (χ1) is 14.8. The number of benzene rings is 1. The topological polar surface area (TPSA) is 41.4 Å². The molecule has 0 bridgehead atoms. The standard InChI is InChI=1S/C22H23Cl2FN4OS/c1-14-21(24)15(2)29(26-14)11-16-10-20(31-13-16)22(30)28-8-6-27(7-9-28)12-17-18(23)4-3-5-19(17)25/h3-5,10,13H,6-9,11-12H2,1-2H3. The fourth-order valence-electron chi connectivity index (χ4n) is 3.74. The highest BCUT2D eigenvalue weighted by Gasteiger charge is 2.24. The highest BCUT2D eigenvalue weighted by molar-refractivity contribution is 7.12. The van der Waals surface area contributed by atoms with E-state index in [1.165, 1.54) is 17.4 Å². The summed E-state index contributed by atoms with van der Waals surface area (Å²) in [4.78, 5) is 17.7. The molecule has 3 heterocycles. The van der Waals surface area contributed by atoms with Gasteiger partial charge in [0.05, 0.1) is 27.8 Å². The van der Waals surface area contributed by atoms with Crippen LogP contribution in [0.4, 0.5) is 4.39 Å². The van der Waals surface area contributed by atoms with E-state index in [2.05, 4.69) is 10.00 Å². The van der Waals surface area contributed by atoms with Crippen molar-refractivity contribution in [2.45, 2.75) is 26.9 Å². The zero-order chi connectivity index (χ0) is 22.1. The molecule has 1 aromatic carbocycles. The van der Waals surface area contributed by atoms with Gasteiger partial charge in [-0.2, -0.15) is 5.10 Å². The Morgan fingerprint density at radius 1 is 1.16 bits per heavy atom. The molecule has 0 unspecified atom stereocenters. The summed E-state index contributed by atoms with van der Waals surface area (Å²) < 4.78 is 15.9. The lowest BCUT2D eigenvalue weighted by Gasteiger charge is -2.34. The second-order valence-electron chi connectivity index (χ2n) is 7.73. The lowest BCUT2D eigenvalue weighted by Crippen LogP contribution is -2.48. The maximum absolute atomic E-state index is 14.1. The van der Waals surface area contributed by atoms with E-state index in [9.17, 15) is 9.18 Å². The molecule has 5 nitrogen and oxygen atoms in total. The molecule has 1 saturated heterocycles. The minimum Gasteiger partial charge on any atom is -0.335 e. The number of halogens is 3. The largest absolute Gasteiger partial charge is 0.335 e. The minimum absolute atomic E-state index is 0.0335. The van der Waals surface area contributed by atoms with E-state index in [1.54, 1.807) is 12.1 Å². The zero-order valence-electron chi connectivity index (χ0n) is 17.4. The van der Waals surface area contributed by atoms with Crippen LogP contribution in [-0.4, -0.2) is 51.7 Å². The van der Waals surface area contributed by atoms with Gasteiger partial charge in [-0.05, 0) is 43.0 Å². The van der Waals surface area contributed by atoms with Crippen molar-refractivity contribution in [3.8, 4) is 0 Å². The number of rotatable bonds is 5. The van der Waals surface area contributed by atoms with E-state index in [1.807, 2.05) is 34.9 Å². The average molecular weight is 481 g/mol. The predicted molar refractivity (Wildman–Crippen MR) is 123 cm³/mol. The number of piperazine rings is 1. The number of thiophene rings is 1. The highest BCUT2D eigenvalue weighted by atomic mass is 35.5. The number of nitrogens with zero attached hydrogens (tertiary/aromatic N) is 4. The highest BCUT2D eigenvalue weighted by Crippen LogP contribution is 2.24. The Bertz CT molecular complexity index is 1080. The summed E-state index contributed by atoms with van der Waals surface area (Å²) in [6, 6.07) is 6.67. The predicted octanol–water partition coefficient (Wildman–Crippen LogP) is 5.01. The van der Waals surface area contributed by atoms with Gasteiger partial charge in [-0.15, -0.1) is 11.3 Å². The molecule has 0 saturated carbocycles. The van der Waals surface area contributed by atoms with Crippen LogP contribution in [-0.2, 0) is 13.1 Å². The normalized spacial score (nSPS) is 14.9. The molecule has 0 aliphatic carbocycles.